The molecule has 0 spiro atoms. The fourth-order valence-electron chi connectivity index (χ4n) is 2.36. The molecule has 0 aromatic heterocycles. The van der Waals surface area contributed by atoms with Crippen LogP contribution >= 0.6 is 11.8 Å². The summed E-state index contributed by atoms with van der Waals surface area (Å²) < 4.78 is 0. The number of likely N-dealkylation sites (N-methyl/N-ethyl adjacent to an activating group) is 1. The zero-order valence-corrected chi connectivity index (χ0v) is 14.4. The molecule has 126 valence electrons. The van der Waals surface area contributed by atoms with Crippen LogP contribution in [0.2, 0.25) is 0 Å². The smallest absolute Gasteiger partial charge is 0.292 e. The summed E-state index contributed by atoms with van der Waals surface area (Å²) in [5, 5.41) is 13.6. The molecule has 0 aliphatic carbocycles. The Kier molecular flexibility index (Phi) is 6.34. The predicted octanol–water partition coefficient (Wildman–Crippen LogP) is 1.97. The molecule has 0 radical (unpaired) electrons. The second-order valence-electron chi connectivity index (χ2n) is 5.48. The fourth-order valence-corrected chi connectivity index (χ4v) is 2.77. The number of nitro groups is 1. The molecule has 0 aliphatic heterocycles. The molecule has 0 fully saturated rings. The first-order chi connectivity index (χ1) is 11.5. The number of anilines is 1. The summed E-state index contributed by atoms with van der Waals surface area (Å²) in [6.07, 6.45) is 2.03. The standard InChI is InChI=1S/C17H19N3O3S/c1-19(11-13-7-9-14(24-2)10-8-13)12-17(21)18-15-5-3-4-6-16(15)20(22)23/h3-10H,11-12H2,1-2H3,(H,18,21)/p+1. The van der Waals surface area contributed by atoms with Gasteiger partial charge < -0.3 is 10.2 Å². The van der Waals surface area contributed by atoms with Gasteiger partial charge in [-0.15, -0.1) is 11.8 Å². The van der Waals surface area contributed by atoms with Gasteiger partial charge in [0, 0.05) is 16.5 Å². The van der Waals surface area contributed by atoms with Crippen LogP contribution in [-0.2, 0) is 11.3 Å². The van der Waals surface area contributed by atoms with E-state index in [1.165, 1.54) is 17.0 Å². The average molecular weight is 346 g/mol. The zero-order valence-electron chi connectivity index (χ0n) is 13.6. The van der Waals surface area contributed by atoms with Crippen molar-refractivity contribution in [3.63, 3.8) is 0 Å². The van der Waals surface area contributed by atoms with E-state index in [9.17, 15) is 14.9 Å². The lowest BCUT2D eigenvalue weighted by molar-refractivity contribution is -0.885. The Hall–Kier alpha value is -2.38. The van der Waals surface area contributed by atoms with Gasteiger partial charge in [-0.05, 0) is 24.5 Å². The number of benzene rings is 2. The van der Waals surface area contributed by atoms with Gasteiger partial charge in [0.15, 0.2) is 6.54 Å². The van der Waals surface area contributed by atoms with Gasteiger partial charge in [0.1, 0.15) is 12.2 Å². The van der Waals surface area contributed by atoms with Crippen LogP contribution in [0.4, 0.5) is 11.4 Å². The Labute approximate surface area is 145 Å². The Balaban J connectivity index is 1.93. The van der Waals surface area contributed by atoms with Gasteiger partial charge in [0.05, 0.1) is 12.0 Å². The molecule has 2 aromatic rings. The number of amides is 1. The first kappa shape index (κ1) is 18.0. The monoisotopic (exact) mass is 346 g/mol. The number of para-hydroxylation sites is 2. The third-order valence-electron chi connectivity index (χ3n) is 3.50. The molecule has 2 N–H and O–H groups in total. The molecule has 0 aliphatic rings. The number of nitrogens with one attached hydrogen (secondary N) is 2. The normalized spacial score (nSPS) is 11.8. The van der Waals surface area contributed by atoms with Crippen molar-refractivity contribution in [1.29, 1.82) is 0 Å². The van der Waals surface area contributed by atoms with Crippen molar-refractivity contribution in [2.45, 2.75) is 11.4 Å². The van der Waals surface area contributed by atoms with Gasteiger partial charge >= 0.3 is 0 Å². The van der Waals surface area contributed by atoms with Gasteiger partial charge in [0.25, 0.3) is 11.6 Å². The number of carbonyl (C=O) groups excluding carboxylic acids is 1. The highest BCUT2D eigenvalue weighted by atomic mass is 32.2. The van der Waals surface area contributed by atoms with Crippen LogP contribution in [-0.4, -0.2) is 30.7 Å². The average Bonchev–Trinajstić information content (AvgIpc) is 2.55. The van der Waals surface area contributed by atoms with E-state index in [4.69, 9.17) is 0 Å². The maximum absolute atomic E-state index is 12.1. The van der Waals surface area contributed by atoms with E-state index in [1.54, 1.807) is 23.9 Å². The molecule has 0 saturated heterocycles. The largest absolute Gasteiger partial charge is 0.326 e. The number of carbonyl (C=O) groups is 1. The number of rotatable bonds is 7. The van der Waals surface area contributed by atoms with Crippen molar-refractivity contribution < 1.29 is 14.6 Å². The minimum absolute atomic E-state index is 0.101. The Morgan fingerprint density at radius 1 is 1.21 bits per heavy atom. The van der Waals surface area contributed by atoms with Crippen LogP contribution in [0.1, 0.15) is 5.56 Å². The zero-order chi connectivity index (χ0) is 17.5. The summed E-state index contributed by atoms with van der Waals surface area (Å²) >= 11 is 1.69. The minimum atomic E-state index is -0.501. The Morgan fingerprint density at radius 3 is 2.50 bits per heavy atom. The first-order valence-electron chi connectivity index (χ1n) is 7.47. The molecule has 0 heterocycles. The van der Waals surface area contributed by atoms with Gasteiger partial charge in [-0.3, -0.25) is 14.9 Å². The molecule has 0 bridgehead atoms. The SMILES string of the molecule is CSc1ccc(C[NH+](C)CC(=O)Nc2ccccc2[N+](=O)[O-])cc1. The highest BCUT2D eigenvalue weighted by Crippen LogP contribution is 2.22. The summed E-state index contributed by atoms with van der Waals surface area (Å²) in [6, 6.07) is 14.4. The van der Waals surface area contributed by atoms with Gasteiger partial charge in [0.2, 0.25) is 0 Å². The summed E-state index contributed by atoms with van der Waals surface area (Å²) in [5.74, 6) is -0.248. The summed E-state index contributed by atoms with van der Waals surface area (Å²) in [5.41, 5.74) is 1.27. The van der Waals surface area contributed by atoms with Gasteiger partial charge in [-0.1, -0.05) is 24.3 Å². The van der Waals surface area contributed by atoms with Crippen molar-refractivity contribution >= 4 is 29.0 Å². The van der Waals surface area contributed by atoms with Crippen molar-refractivity contribution in [3.05, 3.63) is 64.2 Å². The topological polar surface area (TPSA) is 76.7 Å². The lowest BCUT2D eigenvalue weighted by atomic mass is 10.2. The van der Waals surface area contributed by atoms with E-state index >= 15 is 0 Å². The number of quaternary nitrogens is 1. The second-order valence-corrected chi connectivity index (χ2v) is 6.36. The van der Waals surface area contributed by atoms with E-state index in [0.717, 1.165) is 10.5 Å². The predicted molar refractivity (Wildman–Crippen MR) is 95.4 cm³/mol. The maximum atomic E-state index is 12.1. The van der Waals surface area contributed by atoms with E-state index in [-0.39, 0.29) is 23.8 Å². The Morgan fingerprint density at radius 2 is 1.88 bits per heavy atom. The maximum Gasteiger partial charge on any atom is 0.292 e. The molecule has 2 rings (SSSR count). The van der Waals surface area contributed by atoms with Crippen molar-refractivity contribution in [2.24, 2.45) is 0 Å². The second kappa shape index (κ2) is 8.47. The lowest BCUT2D eigenvalue weighted by Gasteiger charge is -2.14. The number of hydrogen-bond acceptors (Lipinski definition) is 4. The molecule has 6 nitrogen and oxygen atoms in total. The molecule has 1 amide bonds. The molecule has 1 atom stereocenters. The van der Waals surface area contributed by atoms with Crippen LogP contribution in [0.25, 0.3) is 0 Å². The van der Waals surface area contributed by atoms with Crippen molar-refractivity contribution in [2.75, 3.05) is 25.2 Å². The van der Waals surface area contributed by atoms with Gasteiger partial charge in [-0.2, -0.15) is 0 Å². The number of hydrogen-bond donors (Lipinski definition) is 2. The Bertz CT molecular complexity index is 719. The quantitative estimate of drug-likeness (QED) is 0.456. The lowest BCUT2D eigenvalue weighted by Crippen LogP contribution is -3.08. The number of nitro benzene ring substituents is 1. The van der Waals surface area contributed by atoms with Crippen molar-refractivity contribution in [1.82, 2.24) is 0 Å². The summed E-state index contributed by atoms with van der Waals surface area (Å²) in [4.78, 5) is 24.8. The van der Waals surface area contributed by atoms with Crippen molar-refractivity contribution in [3.8, 4) is 0 Å². The van der Waals surface area contributed by atoms with Crippen LogP contribution in [0.5, 0.6) is 0 Å². The van der Waals surface area contributed by atoms with Crippen LogP contribution in [0.15, 0.2) is 53.4 Å². The fraction of sp³-hybridized carbons (Fsp3) is 0.235. The molecule has 7 heteroatoms. The van der Waals surface area contributed by atoms with E-state index in [2.05, 4.69) is 29.6 Å². The third kappa shape index (κ3) is 5.07. The number of nitrogens with zero attached hydrogens (tertiary/aromatic N) is 1. The highest BCUT2D eigenvalue weighted by Gasteiger charge is 2.17. The molecule has 1 unspecified atom stereocenters. The van der Waals surface area contributed by atoms with Crippen LogP contribution < -0.4 is 10.2 Å². The van der Waals surface area contributed by atoms with Crippen LogP contribution in [0, 0.1) is 10.1 Å². The molecule has 0 saturated carbocycles. The van der Waals surface area contributed by atoms with Gasteiger partial charge in [-0.25, -0.2) is 0 Å². The van der Waals surface area contributed by atoms with Crippen LogP contribution in [0.3, 0.4) is 0 Å². The van der Waals surface area contributed by atoms with E-state index < -0.39 is 4.92 Å². The van der Waals surface area contributed by atoms with E-state index in [0.29, 0.717) is 6.54 Å². The first-order valence-corrected chi connectivity index (χ1v) is 8.69. The minimum Gasteiger partial charge on any atom is -0.326 e. The third-order valence-corrected chi connectivity index (χ3v) is 4.25. The highest BCUT2D eigenvalue weighted by molar-refractivity contribution is 7.98. The molecular formula is C17H20N3O3S+. The molecule has 24 heavy (non-hydrogen) atoms. The summed E-state index contributed by atoms with van der Waals surface area (Å²) in [6.45, 7) is 0.940. The molecular weight excluding hydrogens is 326 g/mol. The van der Waals surface area contributed by atoms with E-state index in [1.807, 2.05) is 13.3 Å². The molecule has 2 aromatic carbocycles. The number of thioether (sulfide) groups is 1. The summed E-state index contributed by atoms with van der Waals surface area (Å²) in [7, 11) is 1.92.